The number of carbonyl (C=O) groups excluding carboxylic acids is 2. The molecular formula is C15H20ClN3O3. The van der Waals surface area contributed by atoms with E-state index in [1.165, 1.54) is 0 Å². The highest BCUT2D eigenvalue weighted by molar-refractivity contribution is 5.99. The standard InChI is InChI=1S/C15H19N3O3.ClH/c1-9(17-15(20)13-8-16-4-5-21-13)10-2-3-12-11(6-10)7-14(19)18-12;/h2-3,6,9,13,16H,4-5,7-8H2,1H3,(H,17,20)(H,18,19);1H. The molecule has 6 nitrogen and oxygen atoms in total. The molecule has 2 amide bonds. The van der Waals surface area contributed by atoms with Crippen molar-refractivity contribution in [2.75, 3.05) is 25.0 Å². The van der Waals surface area contributed by atoms with Crippen LogP contribution in [0.25, 0.3) is 0 Å². The quantitative estimate of drug-likeness (QED) is 0.767. The summed E-state index contributed by atoms with van der Waals surface area (Å²) in [5.41, 5.74) is 2.83. The number of fused-ring (bicyclic) bond motifs is 1. The molecule has 3 rings (SSSR count). The van der Waals surface area contributed by atoms with Gasteiger partial charge in [-0.25, -0.2) is 0 Å². The fourth-order valence-electron chi connectivity index (χ4n) is 2.64. The van der Waals surface area contributed by atoms with E-state index in [1.807, 2.05) is 25.1 Å². The summed E-state index contributed by atoms with van der Waals surface area (Å²) in [5, 5.41) is 8.90. The van der Waals surface area contributed by atoms with E-state index in [1.54, 1.807) is 0 Å². The minimum absolute atomic E-state index is 0. The highest BCUT2D eigenvalue weighted by atomic mass is 35.5. The van der Waals surface area contributed by atoms with Crippen LogP contribution in [0.2, 0.25) is 0 Å². The average molecular weight is 326 g/mol. The first-order valence-corrected chi connectivity index (χ1v) is 7.19. The molecule has 0 spiro atoms. The van der Waals surface area contributed by atoms with Gasteiger partial charge in [-0.1, -0.05) is 12.1 Å². The van der Waals surface area contributed by atoms with Crippen molar-refractivity contribution >= 4 is 29.9 Å². The zero-order valence-electron chi connectivity index (χ0n) is 12.3. The predicted octanol–water partition coefficient (Wildman–Crippen LogP) is 0.769. The molecule has 7 heteroatoms. The number of carbonyl (C=O) groups is 2. The molecule has 120 valence electrons. The molecule has 2 aliphatic heterocycles. The second kappa shape index (κ2) is 7.09. The third-order valence-electron chi connectivity index (χ3n) is 3.83. The van der Waals surface area contributed by atoms with E-state index in [-0.39, 0.29) is 30.3 Å². The first-order chi connectivity index (χ1) is 10.1. The van der Waals surface area contributed by atoms with E-state index < -0.39 is 6.10 Å². The van der Waals surface area contributed by atoms with Crippen LogP contribution < -0.4 is 16.0 Å². The molecular weight excluding hydrogens is 306 g/mol. The number of rotatable bonds is 3. The molecule has 0 radical (unpaired) electrons. The van der Waals surface area contributed by atoms with Gasteiger partial charge in [0.05, 0.1) is 19.1 Å². The summed E-state index contributed by atoms with van der Waals surface area (Å²) in [6, 6.07) is 5.66. The van der Waals surface area contributed by atoms with Gasteiger partial charge >= 0.3 is 0 Å². The molecule has 1 aromatic carbocycles. The third kappa shape index (κ3) is 3.58. The zero-order valence-corrected chi connectivity index (χ0v) is 13.2. The smallest absolute Gasteiger partial charge is 0.250 e. The van der Waals surface area contributed by atoms with E-state index in [2.05, 4.69) is 16.0 Å². The molecule has 22 heavy (non-hydrogen) atoms. The fourth-order valence-corrected chi connectivity index (χ4v) is 2.64. The lowest BCUT2D eigenvalue weighted by Crippen LogP contribution is -2.48. The van der Waals surface area contributed by atoms with Crippen molar-refractivity contribution in [3.8, 4) is 0 Å². The van der Waals surface area contributed by atoms with Gasteiger partial charge in [-0.05, 0) is 24.1 Å². The van der Waals surface area contributed by atoms with Gasteiger partial charge in [-0.15, -0.1) is 12.4 Å². The Balaban J connectivity index is 0.00000176. The van der Waals surface area contributed by atoms with Crippen LogP contribution in [0.4, 0.5) is 5.69 Å². The van der Waals surface area contributed by atoms with Gasteiger partial charge in [-0.3, -0.25) is 9.59 Å². The number of amides is 2. The largest absolute Gasteiger partial charge is 0.366 e. The Kier molecular flexibility index (Phi) is 5.39. The number of halogens is 1. The highest BCUT2D eigenvalue weighted by Gasteiger charge is 2.24. The summed E-state index contributed by atoms with van der Waals surface area (Å²) >= 11 is 0. The molecule has 2 heterocycles. The van der Waals surface area contributed by atoms with E-state index in [0.29, 0.717) is 19.6 Å². The molecule has 1 fully saturated rings. The van der Waals surface area contributed by atoms with Crippen LogP contribution >= 0.6 is 12.4 Å². The van der Waals surface area contributed by atoms with Crippen LogP contribution in [-0.4, -0.2) is 37.6 Å². The van der Waals surface area contributed by atoms with Crippen LogP contribution in [0.1, 0.15) is 24.1 Å². The van der Waals surface area contributed by atoms with Crippen molar-refractivity contribution in [1.29, 1.82) is 0 Å². The number of hydrogen-bond acceptors (Lipinski definition) is 4. The van der Waals surface area contributed by atoms with E-state index in [9.17, 15) is 9.59 Å². The molecule has 2 atom stereocenters. The first kappa shape index (κ1) is 16.7. The average Bonchev–Trinajstić information content (AvgIpc) is 2.87. The van der Waals surface area contributed by atoms with Gasteiger partial charge in [-0.2, -0.15) is 0 Å². The monoisotopic (exact) mass is 325 g/mol. The maximum Gasteiger partial charge on any atom is 0.250 e. The maximum atomic E-state index is 12.1. The Hall–Kier alpha value is -1.63. The van der Waals surface area contributed by atoms with E-state index >= 15 is 0 Å². The van der Waals surface area contributed by atoms with Gasteiger partial charge in [0.25, 0.3) is 5.91 Å². The summed E-state index contributed by atoms with van der Waals surface area (Å²) in [4.78, 5) is 23.5. The van der Waals surface area contributed by atoms with Crippen LogP contribution in [0.3, 0.4) is 0 Å². The number of nitrogens with one attached hydrogen (secondary N) is 3. The minimum Gasteiger partial charge on any atom is -0.366 e. The highest BCUT2D eigenvalue weighted by Crippen LogP contribution is 2.26. The number of anilines is 1. The van der Waals surface area contributed by atoms with E-state index in [0.717, 1.165) is 23.4 Å². The lowest BCUT2D eigenvalue weighted by Gasteiger charge is -2.24. The van der Waals surface area contributed by atoms with Crippen molar-refractivity contribution in [1.82, 2.24) is 10.6 Å². The Bertz CT molecular complexity index is 573. The van der Waals surface area contributed by atoms with Crippen LogP contribution in [0, 0.1) is 0 Å². The minimum atomic E-state index is -0.432. The summed E-state index contributed by atoms with van der Waals surface area (Å²) < 4.78 is 5.44. The fraction of sp³-hybridized carbons (Fsp3) is 0.467. The lowest BCUT2D eigenvalue weighted by molar-refractivity contribution is -0.134. The molecule has 0 bridgehead atoms. The molecule has 2 aliphatic rings. The SMILES string of the molecule is CC(NC(=O)C1CNCCO1)c1ccc2c(c1)CC(=O)N2.Cl. The molecule has 0 aliphatic carbocycles. The van der Waals surface area contributed by atoms with Gasteiger partial charge < -0.3 is 20.7 Å². The van der Waals surface area contributed by atoms with E-state index in [4.69, 9.17) is 4.74 Å². The zero-order chi connectivity index (χ0) is 14.8. The van der Waals surface area contributed by atoms with Crippen molar-refractivity contribution < 1.29 is 14.3 Å². The third-order valence-corrected chi connectivity index (χ3v) is 3.83. The van der Waals surface area contributed by atoms with Gasteiger partial charge in [0.15, 0.2) is 0 Å². The van der Waals surface area contributed by atoms with Crippen molar-refractivity contribution in [3.05, 3.63) is 29.3 Å². The van der Waals surface area contributed by atoms with Gasteiger partial charge in [0, 0.05) is 18.8 Å². The topological polar surface area (TPSA) is 79.5 Å². The second-order valence-corrected chi connectivity index (χ2v) is 5.44. The Morgan fingerprint density at radius 3 is 3.00 bits per heavy atom. The first-order valence-electron chi connectivity index (χ1n) is 7.19. The molecule has 2 unspecified atom stereocenters. The maximum absolute atomic E-state index is 12.1. The second-order valence-electron chi connectivity index (χ2n) is 5.44. The predicted molar refractivity (Wildman–Crippen MR) is 85.2 cm³/mol. The van der Waals surface area contributed by atoms with Crippen LogP contribution in [0.15, 0.2) is 18.2 Å². The molecule has 1 aromatic rings. The van der Waals surface area contributed by atoms with Crippen molar-refractivity contribution in [3.63, 3.8) is 0 Å². The van der Waals surface area contributed by atoms with Crippen molar-refractivity contribution in [2.24, 2.45) is 0 Å². The number of morpholine rings is 1. The normalized spacial score (nSPS) is 21.3. The van der Waals surface area contributed by atoms with Crippen molar-refractivity contribution in [2.45, 2.75) is 25.5 Å². The van der Waals surface area contributed by atoms with Gasteiger partial charge in [0.2, 0.25) is 5.91 Å². The summed E-state index contributed by atoms with van der Waals surface area (Å²) in [6.45, 7) is 3.81. The molecule has 1 saturated heterocycles. The molecule has 0 saturated carbocycles. The Morgan fingerprint density at radius 2 is 2.27 bits per heavy atom. The summed E-state index contributed by atoms with van der Waals surface area (Å²) in [6.07, 6.45) is -0.0293. The van der Waals surface area contributed by atoms with Gasteiger partial charge in [0.1, 0.15) is 6.10 Å². The Morgan fingerprint density at radius 1 is 1.45 bits per heavy atom. The number of hydrogen-bond donors (Lipinski definition) is 3. The number of benzene rings is 1. The lowest BCUT2D eigenvalue weighted by atomic mass is 10.0. The molecule has 3 N–H and O–H groups in total. The molecule has 0 aromatic heterocycles. The van der Waals surface area contributed by atoms with Crippen LogP contribution in [-0.2, 0) is 20.7 Å². The summed E-state index contributed by atoms with van der Waals surface area (Å²) in [5.74, 6) is -0.0927. The Labute approximate surface area is 135 Å². The number of ether oxygens (including phenoxy) is 1. The van der Waals surface area contributed by atoms with Crippen LogP contribution in [0.5, 0.6) is 0 Å². The summed E-state index contributed by atoms with van der Waals surface area (Å²) in [7, 11) is 0.